The lowest BCUT2D eigenvalue weighted by Gasteiger charge is -2.29. The van der Waals surface area contributed by atoms with E-state index >= 15 is 0 Å². The summed E-state index contributed by atoms with van der Waals surface area (Å²) in [4.78, 5) is 0. The molecular weight excluding hydrogens is 218 g/mol. The molecule has 0 bridgehead atoms. The van der Waals surface area contributed by atoms with Crippen molar-refractivity contribution in [1.29, 1.82) is 0 Å². The first-order valence-corrected chi connectivity index (χ1v) is 7.40. The van der Waals surface area contributed by atoms with E-state index < -0.39 is 0 Å². The Balaban J connectivity index is 2.08. The molecule has 1 N–H and O–H groups in total. The van der Waals surface area contributed by atoms with E-state index in [1.807, 2.05) is 0 Å². The van der Waals surface area contributed by atoms with E-state index in [0.29, 0.717) is 18.0 Å². The minimum Gasteiger partial charge on any atom is -0.307 e. The van der Waals surface area contributed by atoms with Crippen molar-refractivity contribution in [3.8, 4) is 0 Å². The van der Waals surface area contributed by atoms with Crippen molar-refractivity contribution in [3.63, 3.8) is 0 Å². The summed E-state index contributed by atoms with van der Waals surface area (Å²) in [5.41, 5.74) is 1.43. The van der Waals surface area contributed by atoms with E-state index in [-0.39, 0.29) is 0 Å². The minimum atomic E-state index is 0.490. The molecule has 1 saturated carbocycles. The normalized spacial score (nSPS) is 29.7. The van der Waals surface area contributed by atoms with Gasteiger partial charge in [0.25, 0.3) is 0 Å². The van der Waals surface area contributed by atoms with Crippen molar-refractivity contribution in [2.45, 2.75) is 52.6 Å². The maximum atomic E-state index is 3.91. The lowest BCUT2D eigenvalue weighted by molar-refractivity contribution is 0.302. The number of nitrogens with one attached hydrogen (secondary N) is 1. The van der Waals surface area contributed by atoms with Crippen LogP contribution in [0.25, 0.3) is 0 Å². The Morgan fingerprint density at radius 3 is 2.22 bits per heavy atom. The van der Waals surface area contributed by atoms with Gasteiger partial charge < -0.3 is 5.32 Å². The average Bonchev–Trinajstić information content (AvgIpc) is 2.68. The zero-order valence-electron chi connectivity index (χ0n) is 12.2. The standard InChI is InChI=1S/C17H27N/c1-12(2)17(15-8-6-5-7-9-15)18-16-11-10-13(3)14(16)4/h5-9,12-14,16-18H,10-11H2,1-4H3. The molecule has 100 valence electrons. The molecule has 0 heterocycles. The summed E-state index contributed by atoms with van der Waals surface area (Å²) in [5.74, 6) is 2.30. The van der Waals surface area contributed by atoms with Crippen LogP contribution in [-0.2, 0) is 0 Å². The van der Waals surface area contributed by atoms with Gasteiger partial charge in [0, 0.05) is 12.1 Å². The SMILES string of the molecule is CC(C)C(NC1CCC(C)C1C)c1ccccc1. The van der Waals surface area contributed by atoms with Crippen molar-refractivity contribution in [2.24, 2.45) is 17.8 Å². The molecule has 0 saturated heterocycles. The fourth-order valence-electron chi connectivity index (χ4n) is 3.16. The van der Waals surface area contributed by atoms with Gasteiger partial charge in [-0.15, -0.1) is 0 Å². The molecule has 1 aliphatic carbocycles. The van der Waals surface area contributed by atoms with E-state index in [1.165, 1.54) is 18.4 Å². The summed E-state index contributed by atoms with van der Waals surface area (Å²) < 4.78 is 0. The fraction of sp³-hybridized carbons (Fsp3) is 0.647. The highest BCUT2D eigenvalue weighted by molar-refractivity contribution is 5.19. The van der Waals surface area contributed by atoms with Crippen LogP contribution in [0.5, 0.6) is 0 Å². The molecule has 2 rings (SSSR count). The van der Waals surface area contributed by atoms with Gasteiger partial charge in [-0.25, -0.2) is 0 Å². The van der Waals surface area contributed by atoms with Gasteiger partial charge in [-0.2, -0.15) is 0 Å². The Kier molecular flexibility index (Phi) is 4.45. The molecule has 1 aromatic rings. The smallest absolute Gasteiger partial charge is 0.0345 e. The van der Waals surface area contributed by atoms with E-state index in [0.717, 1.165) is 11.8 Å². The van der Waals surface area contributed by atoms with Gasteiger partial charge in [-0.05, 0) is 36.2 Å². The van der Waals surface area contributed by atoms with Crippen molar-refractivity contribution >= 4 is 0 Å². The average molecular weight is 245 g/mol. The molecule has 0 aliphatic heterocycles. The molecule has 0 radical (unpaired) electrons. The number of hydrogen-bond acceptors (Lipinski definition) is 1. The molecule has 18 heavy (non-hydrogen) atoms. The van der Waals surface area contributed by atoms with Crippen LogP contribution in [0.1, 0.15) is 52.1 Å². The molecule has 1 nitrogen and oxygen atoms in total. The second-order valence-electron chi connectivity index (χ2n) is 6.32. The Morgan fingerprint density at radius 1 is 1.06 bits per heavy atom. The van der Waals surface area contributed by atoms with Crippen LogP contribution in [0.2, 0.25) is 0 Å². The predicted octanol–water partition coefficient (Wildman–Crippen LogP) is 4.41. The van der Waals surface area contributed by atoms with Crippen LogP contribution >= 0.6 is 0 Å². The zero-order chi connectivity index (χ0) is 13.1. The van der Waals surface area contributed by atoms with E-state index in [4.69, 9.17) is 0 Å². The number of rotatable bonds is 4. The molecule has 1 aliphatic rings. The van der Waals surface area contributed by atoms with E-state index in [1.54, 1.807) is 0 Å². The van der Waals surface area contributed by atoms with Crippen LogP contribution in [0.3, 0.4) is 0 Å². The zero-order valence-corrected chi connectivity index (χ0v) is 12.2. The van der Waals surface area contributed by atoms with Gasteiger partial charge in [-0.3, -0.25) is 0 Å². The van der Waals surface area contributed by atoms with Crippen molar-refractivity contribution in [2.75, 3.05) is 0 Å². The quantitative estimate of drug-likeness (QED) is 0.828. The Bertz CT molecular complexity index is 357. The molecule has 0 aromatic heterocycles. The summed E-state index contributed by atoms with van der Waals surface area (Å²) in [6.07, 6.45) is 2.71. The highest BCUT2D eigenvalue weighted by Crippen LogP contribution is 2.34. The topological polar surface area (TPSA) is 12.0 Å². The minimum absolute atomic E-state index is 0.490. The van der Waals surface area contributed by atoms with Crippen LogP contribution in [0.4, 0.5) is 0 Å². The molecule has 1 heteroatoms. The van der Waals surface area contributed by atoms with Crippen molar-refractivity contribution in [3.05, 3.63) is 35.9 Å². The third-order valence-electron chi connectivity index (χ3n) is 4.68. The Hall–Kier alpha value is -0.820. The molecule has 4 atom stereocenters. The van der Waals surface area contributed by atoms with E-state index in [2.05, 4.69) is 63.3 Å². The van der Waals surface area contributed by atoms with Gasteiger partial charge in [-0.1, -0.05) is 58.0 Å². The van der Waals surface area contributed by atoms with Crippen LogP contribution in [-0.4, -0.2) is 6.04 Å². The number of hydrogen-bond donors (Lipinski definition) is 1. The lowest BCUT2D eigenvalue weighted by Crippen LogP contribution is -2.37. The van der Waals surface area contributed by atoms with Crippen LogP contribution < -0.4 is 5.32 Å². The molecule has 1 aromatic carbocycles. The fourth-order valence-corrected chi connectivity index (χ4v) is 3.16. The first-order valence-electron chi connectivity index (χ1n) is 7.40. The second kappa shape index (κ2) is 5.88. The highest BCUT2D eigenvalue weighted by atomic mass is 15.0. The molecular formula is C17H27N. The lowest BCUT2D eigenvalue weighted by atomic mass is 9.92. The first-order chi connectivity index (χ1) is 8.59. The van der Waals surface area contributed by atoms with Gasteiger partial charge in [0.2, 0.25) is 0 Å². The molecule has 0 amide bonds. The summed E-state index contributed by atoms with van der Waals surface area (Å²) in [5, 5.41) is 3.91. The third kappa shape index (κ3) is 2.95. The Labute approximate surface area is 112 Å². The first kappa shape index (κ1) is 13.6. The van der Waals surface area contributed by atoms with Gasteiger partial charge in [0.15, 0.2) is 0 Å². The maximum Gasteiger partial charge on any atom is 0.0345 e. The van der Waals surface area contributed by atoms with Crippen LogP contribution in [0, 0.1) is 17.8 Å². The molecule has 0 spiro atoms. The monoisotopic (exact) mass is 245 g/mol. The van der Waals surface area contributed by atoms with Gasteiger partial charge in [0.05, 0.1) is 0 Å². The van der Waals surface area contributed by atoms with Crippen LogP contribution in [0.15, 0.2) is 30.3 Å². The third-order valence-corrected chi connectivity index (χ3v) is 4.68. The van der Waals surface area contributed by atoms with Crippen molar-refractivity contribution in [1.82, 2.24) is 5.32 Å². The highest BCUT2D eigenvalue weighted by Gasteiger charge is 2.31. The summed E-state index contributed by atoms with van der Waals surface area (Å²) in [6.45, 7) is 9.42. The van der Waals surface area contributed by atoms with Gasteiger partial charge >= 0.3 is 0 Å². The Morgan fingerprint density at radius 2 is 1.72 bits per heavy atom. The van der Waals surface area contributed by atoms with Gasteiger partial charge in [0.1, 0.15) is 0 Å². The second-order valence-corrected chi connectivity index (χ2v) is 6.32. The van der Waals surface area contributed by atoms with Crippen molar-refractivity contribution < 1.29 is 0 Å². The number of benzene rings is 1. The summed E-state index contributed by atoms with van der Waals surface area (Å²) >= 11 is 0. The molecule has 4 unspecified atom stereocenters. The summed E-state index contributed by atoms with van der Waals surface area (Å²) in [7, 11) is 0. The van der Waals surface area contributed by atoms with E-state index in [9.17, 15) is 0 Å². The predicted molar refractivity (Wildman–Crippen MR) is 78.5 cm³/mol. The summed E-state index contributed by atoms with van der Waals surface area (Å²) in [6, 6.07) is 12.1. The largest absolute Gasteiger partial charge is 0.307 e. The maximum absolute atomic E-state index is 3.91. The molecule has 1 fully saturated rings.